The van der Waals surface area contributed by atoms with E-state index >= 15 is 0 Å². The molecule has 0 aromatic heterocycles. The number of rotatable bonds is 7. The molecular formula is C11H26N2. The van der Waals surface area contributed by atoms with Crippen LogP contribution in [0.4, 0.5) is 0 Å². The Morgan fingerprint density at radius 3 is 1.85 bits per heavy atom. The van der Waals surface area contributed by atoms with Gasteiger partial charge in [0.2, 0.25) is 0 Å². The molecule has 13 heavy (non-hydrogen) atoms. The minimum atomic E-state index is 0.638. The Bertz CT molecular complexity index is 105. The molecule has 0 aliphatic heterocycles. The van der Waals surface area contributed by atoms with E-state index in [1.54, 1.807) is 0 Å². The van der Waals surface area contributed by atoms with Crippen molar-refractivity contribution in [2.75, 3.05) is 13.1 Å². The van der Waals surface area contributed by atoms with E-state index in [1.165, 1.54) is 12.8 Å². The van der Waals surface area contributed by atoms with Gasteiger partial charge in [0, 0.05) is 19.1 Å². The lowest BCUT2D eigenvalue weighted by Crippen LogP contribution is -2.42. The lowest BCUT2D eigenvalue weighted by atomic mass is 9.87. The Labute approximate surface area is 83.3 Å². The summed E-state index contributed by atoms with van der Waals surface area (Å²) < 4.78 is 0. The smallest absolute Gasteiger partial charge is 0.0119 e. The third-order valence-corrected chi connectivity index (χ3v) is 3.04. The first kappa shape index (κ1) is 12.9. The highest BCUT2D eigenvalue weighted by Gasteiger charge is 2.19. The first-order valence-electron chi connectivity index (χ1n) is 5.60. The number of hydrogen-bond donors (Lipinski definition) is 2. The second-order valence-corrected chi connectivity index (χ2v) is 4.04. The van der Waals surface area contributed by atoms with Crippen molar-refractivity contribution in [1.82, 2.24) is 5.32 Å². The Balaban J connectivity index is 4.01. The van der Waals surface area contributed by atoms with E-state index in [-0.39, 0.29) is 0 Å². The summed E-state index contributed by atoms with van der Waals surface area (Å²) in [5.41, 5.74) is 5.50. The summed E-state index contributed by atoms with van der Waals surface area (Å²) >= 11 is 0. The second-order valence-electron chi connectivity index (χ2n) is 4.04. The molecule has 0 fully saturated rings. The van der Waals surface area contributed by atoms with Crippen molar-refractivity contribution in [3.8, 4) is 0 Å². The third kappa shape index (κ3) is 4.63. The first-order chi connectivity index (χ1) is 6.17. The lowest BCUT2D eigenvalue weighted by molar-refractivity contribution is 0.275. The zero-order valence-corrected chi connectivity index (χ0v) is 9.64. The fraction of sp³-hybridized carbons (Fsp3) is 1.00. The van der Waals surface area contributed by atoms with Crippen molar-refractivity contribution < 1.29 is 0 Å². The molecule has 0 saturated carbocycles. The van der Waals surface area contributed by atoms with Gasteiger partial charge in [0.15, 0.2) is 0 Å². The van der Waals surface area contributed by atoms with Crippen LogP contribution in [0.25, 0.3) is 0 Å². The minimum Gasteiger partial charge on any atom is -0.329 e. The quantitative estimate of drug-likeness (QED) is 0.638. The fourth-order valence-corrected chi connectivity index (χ4v) is 1.72. The third-order valence-electron chi connectivity index (χ3n) is 3.04. The van der Waals surface area contributed by atoms with Crippen LogP contribution in [0.3, 0.4) is 0 Å². The highest BCUT2D eigenvalue weighted by molar-refractivity contribution is 4.77. The van der Waals surface area contributed by atoms with Crippen LogP contribution in [-0.4, -0.2) is 19.1 Å². The molecule has 0 saturated heterocycles. The number of hydrogen-bond acceptors (Lipinski definition) is 2. The predicted molar refractivity (Wildman–Crippen MR) is 59.8 cm³/mol. The van der Waals surface area contributed by atoms with Crippen molar-refractivity contribution in [1.29, 1.82) is 0 Å². The van der Waals surface area contributed by atoms with Gasteiger partial charge in [-0.15, -0.1) is 0 Å². The molecule has 2 unspecified atom stereocenters. The van der Waals surface area contributed by atoms with Crippen molar-refractivity contribution in [3.63, 3.8) is 0 Å². The molecule has 0 heterocycles. The molecular weight excluding hydrogens is 160 g/mol. The van der Waals surface area contributed by atoms with E-state index in [4.69, 9.17) is 5.73 Å². The Morgan fingerprint density at radius 1 is 1.08 bits per heavy atom. The molecule has 3 N–H and O–H groups in total. The largest absolute Gasteiger partial charge is 0.329 e. The summed E-state index contributed by atoms with van der Waals surface area (Å²) in [5.74, 6) is 1.50. The topological polar surface area (TPSA) is 38.0 Å². The molecule has 0 amide bonds. The summed E-state index contributed by atoms with van der Waals surface area (Å²) in [6.07, 6.45) is 2.49. The van der Waals surface area contributed by atoms with Gasteiger partial charge in [-0.1, -0.05) is 40.5 Å². The van der Waals surface area contributed by atoms with Crippen LogP contribution in [0.15, 0.2) is 0 Å². The maximum atomic E-state index is 5.50. The monoisotopic (exact) mass is 186 g/mol. The van der Waals surface area contributed by atoms with E-state index in [2.05, 4.69) is 33.0 Å². The fourth-order valence-electron chi connectivity index (χ4n) is 1.72. The molecule has 2 atom stereocenters. The maximum absolute atomic E-state index is 5.50. The highest BCUT2D eigenvalue weighted by Crippen LogP contribution is 2.18. The van der Waals surface area contributed by atoms with Gasteiger partial charge >= 0.3 is 0 Å². The normalized spacial score (nSPS) is 18.2. The van der Waals surface area contributed by atoms with Crippen molar-refractivity contribution in [3.05, 3.63) is 0 Å². The molecule has 0 aliphatic carbocycles. The van der Waals surface area contributed by atoms with Crippen LogP contribution < -0.4 is 11.1 Å². The van der Waals surface area contributed by atoms with E-state index in [0.717, 1.165) is 24.9 Å². The molecule has 2 nitrogen and oxygen atoms in total. The number of nitrogens with two attached hydrogens (primary N) is 1. The Kier molecular flexibility index (Phi) is 7.29. The molecule has 0 aromatic rings. The zero-order valence-electron chi connectivity index (χ0n) is 9.64. The predicted octanol–water partition coefficient (Wildman–Crippen LogP) is 2.00. The van der Waals surface area contributed by atoms with Crippen LogP contribution in [0.2, 0.25) is 0 Å². The summed E-state index contributed by atoms with van der Waals surface area (Å²) in [5, 5.41) is 3.55. The van der Waals surface area contributed by atoms with Crippen LogP contribution in [0.1, 0.15) is 40.5 Å². The SMILES string of the molecule is CCC(C)C(NCCN)C(C)CC. The lowest BCUT2D eigenvalue weighted by Gasteiger charge is -2.29. The molecule has 0 aromatic carbocycles. The summed E-state index contributed by atoms with van der Waals surface area (Å²) in [4.78, 5) is 0. The molecule has 0 bridgehead atoms. The van der Waals surface area contributed by atoms with Crippen LogP contribution in [-0.2, 0) is 0 Å². The van der Waals surface area contributed by atoms with Crippen LogP contribution in [0, 0.1) is 11.8 Å². The van der Waals surface area contributed by atoms with Gasteiger partial charge in [-0.3, -0.25) is 0 Å². The van der Waals surface area contributed by atoms with Gasteiger partial charge in [0.25, 0.3) is 0 Å². The highest BCUT2D eigenvalue weighted by atomic mass is 14.9. The van der Waals surface area contributed by atoms with Gasteiger partial charge in [0.05, 0.1) is 0 Å². The van der Waals surface area contributed by atoms with Crippen molar-refractivity contribution in [2.24, 2.45) is 17.6 Å². The van der Waals surface area contributed by atoms with Crippen LogP contribution >= 0.6 is 0 Å². The first-order valence-corrected chi connectivity index (χ1v) is 5.60. The Morgan fingerprint density at radius 2 is 1.54 bits per heavy atom. The van der Waals surface area contributed by atoms with Crippen molar-refractivity contribution in [2.45, 2.75) is 46.6 Å². The van der Waals surface area contributed by atoms with Crippen molar-refractivity contribution >= 4 is 0 Å². The summed E-state index contributed by atoms with van der Waals surface area (Å²) in [7, 11) is 0. The van der Waals surface area contributed by atoms with Gasteiger partial charge in [-0.25, -0.2) is 0 Å². The van der Waals surface area contributed by atoms with E-state index in [0.29, 0.717) is 6.04 Å². The van der Waals surface area contributed by atoms with E-state index < -0.39 is 0 Å². The molecule has 0 aliphatic rings. The van der Waals surface area contributed by atoms with Gasteiger partial charge in [0.1, 0.15) is 0 Å². The summed E-state index contributed by atoms with van der Waals surface area (Å²) in [6, 6.07) is 0.638. The van der Waals surface area contributed by atoms with Crippen LogP contribution in [0.5, 0.6) is 0 Å². The van der Waals surface area contributed by atoms with Gasteiger partial charge < -0.3 is 11.1 Å². The average molecular weight is 186 g/mol. The average Bonchev–Trinajstić information content (AvgIpc) is 2.17. The maximum Gasteiger partial charge on any atom is 0.0119 e. The minimum absolute atomic E-state index is 0.638. The summed E-state index contributed by atoms with van der Waals surface area (Å²) in [6.45, 7) is 10.8. The molecule has 80 valence electrons. The standard InChI is InChI=1S/C11H26N2/c1-5-9(3)11(10(4)6-2)13-8-7-12/h9-11,13H,5-8,12H2,1-4H3. The molecule has 0 radical (unpaired) electrons. The van der Waals surface area contributed by atoms with E-state index in [1.807, 2.05) is 0 Å². The van der Waals surface area contributed by atoms with E-state index in [9.17, 15) is 0 Å². The number of nitrogens with one attached hydrogen (secondary N) is 1. The molecule has 2 heteroatoms. The molecule has 0 rings (SSSR count). The molecule has 0 spiro atoms. The van der Waals surface area contributed by atoms with Gasteiger partial charge in [-0.05, 0) is 11.8 Å². The zero-order chi connectivity index (χ0) is 10.3. The van der Waals surface area contributed by atoms with Gasteiger partial charge in [-0.2, -0.15) is 0 Å². The Hall–Kier alpha value is -0.0800. The second kappa shape index (κ2) is 7.34.